The van der Waals surface area contributed by atoms with Gasteiger partial charge in [0, 0.05) is 5.56 Å². The predicted octanol–water partition coefficient (Wildman–Crippen LogP) is 1.00. The fourth-order valence-corrected chi connectivity index (χ4v) is 1.67. The quantitative estimate of drug-likeness (QED) is 0.796. The molecule has 7 heteroatoms. The summed E-state index contributed by atoms with van der Waals surface area (Å²) in [5, 5.41) is 0.210. The first-order valence-electron chi connectivity index (χ1n) is 4.45. The van der Waals surface area contributed by atoms with Gasteiger partial charge in [-0.1, -0.05) is 11.6 Å². The lowest BCUT2D eigenvalue weighted by atomic mass is 10.2. The summed E-state index contributed by atoms with van der Waals surface area (Å²) in [6, 6.07) is 4.16. The molecule has 0 heterocycles. The lowest BCUT2D eigenvalue weighted by Gasteiger charge is -2.05. The van der Waals surface area contributed by atoms with E-state index in [1.165, 1.54) is 25.1 Å². The van der Waals surface area contributed by atoms with Crippen LogP contribution in [0.15, 0.2) is 18.2 Å². The normalized spacial score (nSPS) is 11.1. The number of benzene rings is 1. The third kappa shape index (κ3) is 3.11. The van der Waals surface area contributed by atoms with Gasteiger partial charge < -0.3 is 5.73 Å². The average Bonchev–Trinajstić information content (AvgIpc) is 2.21. The SMILES string of the molecule is CCS(=O)(=O)NC(=O)c1ccc(N)c(Cl)c1. The monoisotopic (exact) mass is 262 g/mol. The summed E-state index contributed by atoms with van der Waals surface area (Å²) >= 11 is 5.71. The predicted molar refractivity (Wildman–Crippen MR) is 62.8 cm³/mol. The maximum atomic E-state index is 11.5. The van der Waals surface area contributed by atoms with Crippen molar-refractivity contribution in [2.24, 2.45) is 0 Å². The van der Waals surface area contributed by atoms with Gasteiger partial charge in [0.15, 0.2) is 0 Å². The lowest BCUT2D eigenvalue weighted by Crippen LogP contribution is -2.31. The van der Waals surface area contributed by atoms with E-state index in [2.05, 4.69) is 0 Å². The molecule has 0 saturated carbocycles. The zero-order chi connectivity index (χ0) is 12.3. The van der Waals surface area contributed by atoms with Gasteiger partial charge in [0.1, 0.15) is 0 Å². The molecule has 0 fully saturated rings. The van der Waals surface area contributed by atoms with Gasteiger partial charge in [0.2, 0.25) is 10.0 Å². The molecule has 0 atom stereocenters. The molecule has 0 radical (unpaired) electrons. The molecule has 1 aromatic carbocycles. The zero-order valence-corrected chi connectivity index (χ0v) is 10.1. The Balaban J connectivity index is 2.94. The number of sulfonamides is 1. The van der Waals surface area contributed by atoms with Crippen molar-refractivity contribution in [3.05, 3.63) is 28.8 Å². The Kier molecular flexibility index (Phi) is 3.77. The molecule has 5 nitrogen and oxygen atoms in total. The van der Waals surface area contributed by atoms with Crippen molar-refractivity contribution in [2.45, 2.75) is 6.92 Å². The smallest absolute Gasteiger partial charge is 0.264 e. The van der Waals surface area contributed by atoms with Gasteiger partial charge in [-0.2, -0.15) is 0 Å². The minimum absolute atomic E-state index is 0.149. The van der Waals surface area contributed by atoms with E-state index in [9.17, 15) is 13.2 Å². The molecule has 0 aliphatic heterocycles. The fourth-order valence-electron chi connectivity index (χ4n) is 0.941. The molecule has 16 heavy (non-hydrogen) atoms. The van der Waals surface area contributed by atoms with Crippen LogP contribution in [0.3, 0.4) is 0 Å². The van der Waals surface area contributed by atoms with Crippen LogP contribution >= 0.6 is 11.6 Å². The highest BCUT2D eigenvalue weighted by Crippen LogP contribution is 2.19. The van der Waals surface area contributed by atoms with E-state index in [0.29, 0.717) is 5.69 Å². The van der Waals surface area contributed by atoms with Crippen LogP contribution in [0.1, 0.15) is 17.3 Å². The van der Waals surface area contributed by atoms with Gasteiger partial charge in [-0.15, -0.1) is 0 Å². The van der Waals surface area contributed by atoms with E-state index in [1.54, 1.807) is 0 Å². The summed E-state index contributed by atoms with van der Waals surface area (Å²) in [6.07, 6.45) is 0. The molecule has 0 aliphatic carbocycles. The highest BCUT2D eigenvalue weighted by atomic mass is 35.5. The van der Waals surface area contributed by atoms with Crippen LogP contribution in [0.25, 0.3) is 0 Å². The van der Waals surface area contributed by atoms with E-state index in [1.807, 2.05) is 4.72 Å². The summed E-state index contributed by atoms with van der Waals surface area (Å²) < 4.78 is 24.2. The van der Waals surface area contributed by atoms with Crippen LogP contribution < -0.4 is 10.5 Å². The topological polar surface area (TPSA) is 89.3 Å². The highest BCUT2D eigenvalue weighted by molar-refractivity contribution is 7.90. The summed E-state index contributed by atoms with van der Waals surface area (Å²) in [5.41, 5.74) is 5.94. The van der Waals surface area contributed by atoms with Crippen LogP contribution in [-0.4, -0.2) is 20.1 Å². The fraction of sp³-hybridized carbons (Fsp3) is 0.222. The molecule has 0 spiro atoms. The first kappa shape index (κ1) is 12.8. The van der Waals surface area contributed by atoms with Crippen LogP contribution in [0.2, 0.25) is 5.02 Å². The summed E-state index contributed by atoms with van der Waals surface area (Å²) in [6.45, 7) is 1.44. The number of anilines is 1. The molecule has 0 aliphatic rings. The van der Waals surface area contributed by atoms with Crippen LogP contribution in [0, 0.1) is 0 Å². The van der Waals surface area contributed by atoms with Crippen molar-refractivity contribution >= 4 is 33.2 Å². The molecular weight excluding hydrogens is 252 g/mol. The summed E-state index contributed by atoms with van der Waals surface area (Å²) in [7, 11) is -3.56. The van der Waals surface area contributed by atoms with Gasteiger partial charge in [-0.3, -0.25) is 4.79 Å². The summed E-state index contributed by atoms with van der Waals surface area (Å²) in [4.78, 5) is 11.5. The number of hydrogen-bond donors (Lipinski definition) is 2. The van der Waals surface area contributed by atoms with E-state index < -0.39 is 15.9 Å². The third-order valence-electron chi connectivity index (χ3n) is 1.89. The van der Waals surface area contributed by atoms with Gasteiger partial charge in [0.25, 0.3) is 5.91 Å². The van der Waals surface area contributed by atoms with Crippen LogP contribution in [0.5, 0.6) is 0 Å². The molecule has 88 valence electrons. The Morgan fingerprint density at radius 2 is 2.12 bits per heavy atom. The molecule has 0 saturated heterocycles. The number of carbonyl (C=O) groups excluding carboxylic acids is 1. The van der Waals surface area contributed by atoms with Gasteiger partial charge in [-0.25, -0.2) is 13.1 Å². The number of rotatable bonds is 3. The molecule has 1 amide bonds. The Morgan fingerprint density at radius 1 is 1.50 bits per heavy atom. The standard InChI is InChI=1S/C9H11ClN2O3S/c1-2-16(14,15)12-9(13)6-3-4-8(11)7(10)5-6/h3-5H,2,11H2,1H3,(H,12,13). The zero-order valence-electron chi connectivity index (χ0n) is 8.53. The second-order valence-corrected chi connectivity index (χ2v) is 5.49. The number of amides is 1. The number of nitrogens with one attached hydrogen (secondary N) is 1. The van der Waals surface area contributed by atoms with Gasteiger partial charge in [-0.05, 0) is 25.1 Å². The maximum Gasteiger partial charge on any atom is 0.264 e. The maximum absolute atomic E-state index is 11.5. The van der Waals surface area contributed by atoms with Crippen LogP contribution in [-0.2, 0) is 10.0 Å². The Bertz CT molecular complexity index is 513. The van der Waals surface area contributed by atoms with Crippen molar-refractivity contribution in [2.75, 3.05) is 11.5 Å². The van der Waals surface area contributed by atoms with Gasteiger partial charge >= 0.3 is 0 Å². The molecule has 0 aromatic heterocycles. The third-order valence-corrected chi connectivity index (χ3v) is 3.47. The van der Waals surface area contributed by atoms with Crippen LogP contribution in [0.4, 0.5) is 5.69 Å². The molecule has 0 unspecified atom stereocenters. The summed E-state index contributed by atoms with van der Waals surface area (Å²) in [5.74, 6) is -0.884. The van der Waals surface area contributed by atoms with Crippen molar-refractivity contribution in [1.82, 2.24) is 4.72 Å². The first-order chi connectivity index (χ1) is 7.35. The average molecular weight is 263 g/mol. The van der Waals surface area contributed by atoms with Crippen molar-refractivity contribution in [1.29, 1.82) is 0 Å². The van der Waals surface area contributed by atoms with Crippen molar-refractivity contribution in [3.8, 4) is 0 Å². The largest absolute Gasteiger partial charge is 0.398 e. The highest BCUT2D eigenvalue weighted by Gasteiger charge is 2.14. The Hall–Kier alpha value is -1.27. The van der Waals surface area contributed by atoms with Gasteiger partial charge in [0.05, 0.1) is 16.5 Å². The number of nitrogen functional groups attached to an aromatic ring is 1. The number of nitrogens with two attached hydrogens (primary N) is 1. The minimum atomic E-state index is -3.56. The molecule has 0 bridgehead atoms. The van der Waals surface area contributed by atoms with E-state index >= 15 is 0 Å². The second-order valence-electron chi connectivity index (χ2n) is 3.07. The number of carbonyl (C=O) groups is 1. The molecular formula is C9H11ClN2O3S. The van der Waals surface area contributed by atoms with Crippen molar-refractivity contribution in [3.63, 3.8) is 0 Å². The molecule has 1 rings (SSSR count). The molecule has 1 aromatic rings. The van der Waals surface area contributed by atoms with E-state index in [0.717, 1.165) is 0 Å². The number of halogens is 1. The Labute approximate surface area is 98.6 Å². The molecule has 3 N–H and O–H groups in total. The first-order valence-corrected chi connectivity index (χ1v) is 6.48. The minimum Gasteiger partial charge on any atom is -0.398 e. The second kappa shape index (κ2) is 4.71. The Morgan fingerprint density at radius 3 is 2.62 bits per heavy atom. The number of hydrogen-bond acceptors (Lipinski definition) is 4. The van der Waals surface area contributed by atoms with E-state index in [-0.39, 0.29) is 16.3 Å². The van der Waals surface area contributed by atoms with E-state index in [4.69, 9.17) is 17.3 Å². The van der Waals surface area contributed by atoms with Crippen molar-refractivity contribution < 1.29 is 13.2 Å². The lowest BCUT2D eigenvalue weighted by molar-refractivity contribution is 0.0981.